The van der Waals surface area contributed by atoms with Gasteiger partial charge in [0.25, 0.3) is 5.91 Å². The Kier molecular flexibility index (Phi) is 8.77. The van der Waals surface area contributed by atoms with E-state index in [2.05, 4.69) is 0 Å². The molecule has 1 aliphatic carbocycles. The molecule has 3 aromatic rings. The third-order valence-electron chi connectivity index (χ3n) is 7.74. The van der Waals surface area contributed by atoms with Crippen LogP contribution in [-0.4, -0.2) is 66.1 Å². The predicted octanol–water partition coefficient (Wildman–Crippen LogP) is 5.27. The Morgan fingerprint density at radius 1 is 0.878 bits per heavy atom. The Morgan fingerprint density at radius 3 is 2.07 bits per heavy atom. The first-order valence-corrected chi connectivity index (χ1v) is 15.6. The number of rotatable bonds is 9. The lowest BCUT2D eigenvalue weighted by Crippen LogP contribution is -2.51. The molecule has 1 aliphatic heterocycles. The zero-order valence-corrected chi connectivity index (χ0v) is 24.5. The molecular weight excluding hydrogens is 565 g/mol. The standard InChI is InChI=1S/C31H33ClFN3O4S/c1-22-2-14-29(15-3-22)41(39,40)36(28-12-13-28)21-30(37)35(20-23-4-10-26(33)11-5-23)27-16-18-34(19-17-27)31(38)24-6-8-25(32)9-7-24/h2-11,14-15,27-28H,12-13,16-21H2,1H3. The average molecular weight is 598 g/mol. The maximum absolute atomic E-state index is 13.9. The van der Waals surface area contributed by atoms with Crippen molar-refractivity contribution in [3.8, 4) is 0 Å². The summed E-state index contributed by atoms with van der Waals surface area (Å²) in [4.78, 5) is 30.6. The Labute approximate surface area is 245 Å². The highest BCUT2D eigenvalue weighted by atomic mass is 35.5. The molecule has 1 saturated carbocycles. The van der Waals surface area contributed by atoms with E-state index in [1.165, 1.54) is 16.4 Å². The number of aryl methyl sites for hydroxylation is 1. The first kappa shape index (κ1) is 29.2. The Balaban J connectivity index is 1.34. The molecule has 5 rings (SSSR count). The summed E-state index contributed by atoms with van der Waals surface area (Å²) in [5, 5.41) is 0.555. The lowest BCUT2D eigenvalue weighted by Gasteiger charge is -2.39. The molecule has 2 fully saturated rings. The molecule has 10 heteroatoms. The molecule has 0 bridgehead atoms. The van der Waals surface area contributed by atoms with Gasteiger partial charge in [0, 0.05) is 42.3 Å². The van der Waals surface area contributed by atoms with Crippen molar-refractivity contribution in [3.05, 3.63) is 100 Å². The SMILES string of the molecule is Cc1ccc(S(=O)(=O)N(CC(=O)N(Cc2ccc(F)cc2)C2CCN(C(=O)c3ccc(Cl)cc3)CC2)C2CC2)cc1. The molecule has 216 valence electrons. The van der Waals surface area contributed by atoms with E-state index in [0.29, 0.717) is 49.4 Å². The lowest BCUT2D eigenvalue weighted by molar-refractivity contribution is -0.135. The largest absolute Gasteiger partial charge is 0.338 e. The molecule has 1 heterocycles. The summed E-state index contributed by atoms with van der Waals surface area (Å²) < 4.78 is 42.1. The van der Waals surface area contributed by atoms with Gasteiger partial charge in [-0.2, -0.15) is 4.31 Å². The monoisotopic (exact) mass is 597 g/mol. The number of hydrogen-bond donors (Lipinski definition) is 0. The predicted molar refractivity (Wildman–Crippen MR) is 155 cm³/mol. The van der Waals surface area contributed by atoms with Crippen LogP contribution >= 0.6 is 11.6 Å². The molecule has 0 radical (unpaired) electrons. The zero-order valence-electron chi connectivity index (χ0n) is 22.9. The number of benzene rings is 3. The number of hydrogen-bond acceptors (Lipinski definition) is 4. The molecule has 3 aromatic carbocycles. The van der Waals surface area contributed by atoms with Gasteiger partial charge in [0.05, 0.1) is 11.4 Å². The van der Waals surface area contributed by atoms with Gasteiger partial charge in [-0.25, -0.2) is 12.8 Å². The van der Waals surface area contributed by atoms with Crippen LogP contribution in [0.15, 0.2) is 77.7 Å². The van der Waals surface area contributed by atoms with E-state index in [-0.39, 0.29) is 47.7 Å². The Bertz CT molecular complexity index is 1490. The van der Waals surface area contributed by atoms with E-state index in [1.807, 2.05) is 6.92 Å². The highest BCUT2D eigenvalue weighted by molar-refractivity contribution is 7.89. The van der Waals surface area contributed by atoms with Crippen LogP contribution in [0.1, 0.15) is 47.2 Å². The minimum absolute atomic E-state index is 0.0966. The molecular formula is C31H33ClFN3O4S. The number of amides is 2. The van der Waals surface area contributed by atoms with Gasteiger partial charge in [-0.1, -0.05) is 41.4 Å². The third-order valence-corrected chi connectivity index (χ3v) is 9.91. The van der Waals surface area contributed by atoms with Crippen molar-refractivity contribution in [2.45, 2.75) is 56.1 Å². The van der Waals surface area contributed by atoms with Crippen molar-refractivity contribution in [3.63, 3.8) is 0 Å². The van der Waals surface area contributed by atoms with E-state index in [9.17, 15) is 22.4 Å². The molecule has 0 aromatic heterocycles. The lowest BCUT2D eigenvalue weighted by atomic mass is 10.0. The van der Waals surface area contributed by atoms with Gasteiger partial charge in [0.15, 0.2) is 0 Å². The van der Waals surface area contributed by atoms with Crippen LogP contribution < -0.4 is 0 Å². The second kappa shape index (κ2) is 12.3. The maximum atomic E-state index is 13.9. The van der Waals surface area contributed by atoms with E-state index in [1.54, 1.807) is 70.5 Å². The number of carbonyl (C=O) groups excluding carboxylic acids is 2. The quantitative estimate of drug-likeness (QED) is 0.336. The fraction of sp³-hybridized carbons (Fsp3) is 0.355. The normalized spacial score (nSPS) is 16.1. The zero-order chi connectivity index (χ0) is 29.1. The molecule has 1 saturated heterocycles. The van der Waals surface area contributed by atoms with Gasteiger partial charge in [-0.3, -0.25) is 9.59 Å². The van der Waals surface area contributed by atoms with E-state index in [4.69, 9.17) is 11.6 Å². The number of likely N-dealkylation sites (tertiary alicyclic amines) is 1. The Morgan fingerprint density at radius 2 is 1.49 bits per heavy atom. The summed E-state index contributed by atoms with van der Waals surface area (Å²) in [5.41, 5.74) is 2.25. The van der Waals surface area contributed by atoms with Crippen molar-refractivity contribution in [2.24, 2.45) is 0 Å². The van der Waals surface area contributed by atoms with Crippen molar-refractivity contribution >= 4 is 33.4 Å². The first-order chi connectivity index (χ1) is 19.6. The van der Waals surface area contributed by atoms with Crippen LogP contribution in [0.5, 0.6) is 0 Å². The first-order valence-electron chi connectivity index (χ1n) is 13.8. The van der Waals surface area contributed by atoms with Gasteiger partial charge in [0.2, 0.25) is 15.9 Å². The highest BCUT2D eigenvalue weighted by Crippen LogP contribution is 2.33. The number of nitrogens with zero attached hydrogens (tertiary/aromatic N) is 3. The van der Waals surface area contributed by atoms with E-state index < -0.39 is 10.0 Å². The number of piperidine rings is 1. The number of sulfonamides is 1. The second-order valence-corrected chi connectivity index (χ2v) is 13.1. The minimum atomic E-state index is -3.87. The maximum Gasteiger partial charge on any atom is 0.253 e. The second-order valence-electron chi connectivity index (χ2n) is 10.8. The van der Waals surface area contributed by atoms with E-state index in [0.717, 1.165) is 11.1 Å². The fourth-order valence-corrected chi connectivity index (χ4v) is 6.97. The van der Waals surface area contributed by atoms with Crippen LogP contribution in [0.3, 0.4) is 0 Å². The average Bonchev–Trinajstić information content (AvgIpc) is 3.81. The summed E-state index contributed by atoms with van der Waals surface area (Å²) in [6.45, 7) is 2.74. The van der Waals surface area contributed by atoms with E-state index >= 15 is 0 Å². The van der Waals surface area contributed by atoms with Gasteiger partial charge in [-0.15, -0.1) is 0 Å². The van der Waals surface area contributed by atoms with Crippen LogP contribution in [0.4, 0.5) is 4.39 Å². The summed E-state index contributed by atoms with van der Waals surface area (Å²) >= 11 is 5.97. The van der Waals surface area contributed by atoms with Crippen molar-refractivity contribution < 1.29 is 22.4 Å². The molecule has 2 amide bonds. The van der Waals surface area contributed by atoms with Crippen molar-refractivity contribution in [1.82, 2.24) is 14.1 Å². The molecule has 0 spiro atoms. The van der Waals surface area contributed by atoms with Gasteiger partial charge in [-0.05, 0) is 86.7 Å². The van der Waals surface area contributed by atoms with Gasteiger partial charge >= 0.3 is 0 Å². The van der Waals surface area contributed by atoms with Gasteiger partial charge < -0.3 is 9.80 Å². The fourth-order valence-electron chi connectivity index (χ4n) is 5.21. The van der Waals surface area contributed by atoms with Crippen LogP contribution in [-0.2, 0) is 21.4 Å². The summed E-state index contributed by atoms with van der Waals surface area (Å²) in [6.07, 6.45) is 2.50. The van der Waals surface area contributed by atoms with Crippen molar-refractivity contribution in [2.75, 3.05) is 19.6 Å². The van der Waals surface area contributed by atoms with Crippen molar-refractivity contribution in [1.29, 1.82) is 0 Å². The van der Waals surface area contributed by atoms with Crippen LogP contribution in [0.2, 0.25) is 5.02 Å². The third kappa shape index (κ3) is 6.97. The highest BCUT2D eigenvalue weighted by Gasteiger charge is 2.41. The molecule has 2 aliphatic rings. The molecule has 0 unspecified atom stereocenters. The number of halogens is 2. The topological polar surface area (TPSA) is 78.0 Å². The van der Waals surface area contributed by atoms with Gasteiger partial charge in [0.1, 0.15) is 5.82 Å². The molecule has 7 nitrogen and oxygen atoms in total. The minimum Gasteiger partial charge on any atom is -0.338 e. The van der Waals surface area contributed by atoms with Crippen LogP contribution in [0.25, 0.3) is 0 Å². The van der Waals surface area contributed by atoms with Crippen LogP contribution in [0, 0.1) is 12.7 Å². The molecule has 0 atom stereocenters. The summed E-state index contributed by atoms with van der Waals surface area (Å²) in [6, 6.07) is 19.0. The Hall–Kier alpha value is -3.27. The molecule has 0 N–H and O–H groups in total. The number of carbonyl (C=O) groups is 2. The molecule has 41 heavy (non-hydrogen) atoms. The summed E-state index contributed by atoms with van der Waals surface area (Å²) in [5.74, 6) is -0.773. The summed E-state index contributed by atoms with van der Waals surface area (Å²) in [7, 11) is -3.87. The smallest absolute Gasteiger partial charge is 0.253 e.